The largest absolute Gasteiger partial charge is 0.481 e. The first-order valence-electron chi connectivity index (χ1n) is 10.2. The fraction of sp³-hybridized carbons (Fsp3) is 0.450. The van der Waals surface area contributed by atoms with Gasteiger partial charge in [0, 0.05) is 29.9 Å². The van der Waals surface area contributed by atoms with Gasteiger partial charge >= 0.3 is 5.97 Å². The number of nitrogens with zero attached hydrogens (tertiary/aromatic N) is 5. The summed E-state index contributed by atoms with van der Waals surface area (Å²) in [7, 11) is 0. The first kappa shape index (κ1) is 24.6. The highest BCUT2D eigenvalue weighted by atomic mass is 35.5. The molecule has 2 aromatic rings. The number of benzene rings is 1. The Morgan fingerprint density at radius 1 is 1.24 bits per heavy atom. The van der Waals surface area contributed by atoms with Gasteiger partial charge in [-0.15, -0.1) is 5.10 Å². The van der Waals surface area contributed by atoms with Gasteiger partial charge in [0.05, 0.1) is 12.5 Å². The number of carbonyl (C=O) groups is 4. The molecular formula is C20H22Cl2N6O5. The van der Waals surface area contributed by atoms with Gasteiger partial charge in [-0.25, -0.2) is 4.68 Å². The minimum absolute atomic E-state index is 0.143. The third kappa shape index (κ3) is 6.05. The zero-order valence-corrected chi connectivity index (χ0v) is 19.2. The average Bonchev–Trinajstić information content (AvgIpc) is 3.39. The Bertz CT molecular complexity index is 1050. The maximum atomic E-state index is 12.9. The number of aromatic nitrogens is 4. The fourth-order valence-electron chi connectivity index (χ4n) is 3.69. The van der Waals surface area contributed by atoms with Gasteiger partial charge in [0.2, 0.25) is 11.8 Å². The van der Waals surface area contributed by atoms with Crippen LogP contribution in [0.4, 0.5) is 0 Å². The molecule has 0 saturated carbocycles. The second-order valence-electron chi connectivity index (χ2n) is 7.63. The van der Waals surface area contributed by atoms with E-state index in [0.717, 1.165) is 0 Å². The number of rotatable bonds is 9. The Kier molecular flexibility index (Phi) is 7.98. The van der Waals surface area contributed by atoms with Gasteiger partial charge in [0.1, 0.15) is 12.6 Å². The van der Waals surface area contributed by atoms with Crippen LogP contribution >= 0.6 is 23.2 Å². The number of amides is 2. The van der Waals surface area contributed by atoms with Crippen molar-refractivity contribution in [1.29, 1.82) is 0 Å². The van der Waals surface area contributed by atoms with Crippen LogP contribution in [0.25, 0.3) is 0 Å². The number of tetrazole rings is 1. The first-order valence-corrected chi connectivity index (χ1v) is 10.9. The molecule has 1 aliphatic rings. The average molecular weight is 497 g/mol. The van der Waals surface area contributed by atoms with Gasteiger partial charge in [0.25, 0.3) is 0 Å². The van der Waals surface area contributed by atoms with Crippen LogP contribution in [0.3, 0.4) is 0 Å². The molecule has 1 saturated heterocycles. The van der Waals surface area contributed by atoms with E-state index in [-0.39, 0.29) is 24.7 Å². The molecule has 1 fully saturated rings. The lowest BCUT2D eigenvalue weighted by Gasteiger charge is -2.24. The van der Waals surface area contributed by atoms with Crippen molar-refractivity contribution in [3.05, 3.63) is 39.6 Å². The normalized spacial score (nSPS) is 16.5. The molecule has 13 heteroatoms. The molecule has 2 heterocycles. The van der Waals surface area contributed by atoms with Crippen molar-refractivity contribution in [2.75, 3.05) is 6.54 Å². The second kappa shape index (κ2) is 10.7. The topological polar surface area (TPSA) is 147 Å². The quantitative estimate of drug-likeness (QED) is 0.524. The Hall–Kier alpha value is -3.05. The van der Waals surface area contributed by atoms with Gasteiger partial charge < -0.3 is 15.3 Å². The van der Waals surface area contributed by atoms with E-state index in [0.29, 0.717) is 35.0 Å². The molecule has 0 radical (unpaired) electrons. The summed E-state index contributed by atoms with van der Waals surface area (Å²) in [5.41, 5.74) is 0.574. The van der Waals surface area contributed by atoms with Crippen molar-refractivity contribution in [1.82, 2.24) is 30.4 Å². The molecule has 3 rings (SSSR count). The van der Waals surface area contributed by atoms with E-state index in [4.69, 9.17) is 23.2 Å². The van der Waals surface area contributed by atoms with E-state index in [1.54, 1.807) is 18.2 Å². The van der Waals surface area contributed by atoms with Gasteiger partial charge in [-0.1, -0.05) is 29.3 Å². The zero-order valence-electron chi connectivity index (χ0n) is 17.7. The number of aliphatic carboxylic acids is 1. The maximum Gasteiger partial charge on any atom is 0.305 e. The summed E-state index contributed by atoms with van der Waals surface area (Å²) in [6.45, 7) is 1.42. The number of halogens is 2. The first-order chi connectivity index (χ1) is 15.7. The molecule has 0 bridgehead atoms. The molecule has 2 unspecified atom stereocenters. The molecule has 2 N–H and O–H groups in total. The molecule has 2 amide bonds. The molecule has 0 spiro atoms. The van der Waals surface area contributed by atoms with E-state index in [2.05, 4.69) is 20.8 Å². The number of Topliss-reactive ketones (excluding diaryl/α,β-unsaturated/α-hetero) is 1. The molecule has 1 aromatic carbocycles. The number of carboxylic acid groups (broad SMARTS) is 1. The second-order valence-corrected chi connectivity index (χ2v) is 8.44. The van der Waals surface area contributed by atoms with Crippen molar-refractivity contribution >= 4 is 46.8 Å². The molecule has 176 valence electrons. The molecular weight excluding hydrogens is 475 g/mol. The highest BCUT2D eigenvalue weighted by Gasteiger charge is 2.35. The van der Waals surface area contributed by atoms with Crippen LogP contribution in [0.2, 0.25) is 10.0 Å². The van der Waals surface area contributed by atoms with Crippen LogP contribution in [-0.4, -0.2) is 72.4 Å². The fourth-order valence-corrected chi connectivity index (χ4v) is 4.22. The highest BCUT2D eigenvalue weighted by molar-refractivity contribution is 6.36. The molecule has 1 aliphatic heterocycles. The van der Waals surface area contributed by atoms with Crippen LogP contribution in [0.1, 0.15) is 37.6 Å². The monoisotopic (exact) mass is 496 g/mol. The van der Waals surface area contributed by atoms with Gasteiger partial charge in [-0.3, -0.25) is 19.2 Å². The van der Waals surface area contributed by atoms with E-state index in [9.17, 15) is 24.3 Å². The minimum Gasteiger partial charge on any atom is -0.481 e. The SMILES string of the molecule is CC(=O)N1CCCC1C(=O)NC(CC(=O)O)C(=O)Cn1nnnc1Cc1c(Cl)cccc1Cl. The van der Waals surface area contributed by atoms with Crippen molar-refractivity contribution in [2.24, 2.45) is 0 Å². The van der Waals surface area contributed by atoms with Crippen molar-refractivity contribution < 1.29 is 24.3 Å². The summed E-state index contributed by atoms with van der Waals surface area (Å²) in [6.07, 6.45) is 0.610. The summed E-state index contributed by atoms with van der Waals surface area (Å²) >= 11 is 12.4. The molecule has 1 aromatic heterocycles. The lowest BCUT2D eigenvalue weighted by Crippen LogP contribution is -2.51. The van der Waals surface area contributed by atoms with Gasteiger partial charge in [-0.05, 0) is 41.0 Å². The number of carboxylic acids is 1. The molecule has 33 heavy (non-hydrogen) atoms. The van der Waals surface area contributed by atoms with Crippen LogP contribution in [0.15, 0.2) is 18.2 Å². The zero-order chi connectivity index (χ0) is 24.1. The maximum absolute atomic E-state index is 12.9. The predicted octanol–water partition coefficient (Wildman–Crippen LogP) is 1.11. The van der Waals surface area contributed by atoms with E-state index >= 15 is 0 Å². The van der Waals surface area contributed by atoms with Gasteiger partial charge in [-0.2, -0.15) is 0 Å². The van der Waals surface area contributed by atoms with Crippen LogP contribution in [-0.2, 0) is 32.1 Å². The summed E-state index contributed by atoms with van der Waals surface area (Å²) in [5.74, 6) is -2.40. The van der Waals surface area contributed by atoms with E-state index in [1.807, 2.05) is 0 Å². The Morgan fingerprint density at radius 2 is 1.94 bits per heavy atom. The number of nitrogens with one attached hydrogen (secondary N) is 1. The molecule has 11 nitrogen and oxygen atoms in total. The van der Waals surface area contributed by atoms with Crippen LogP contribution in [0, 0.1) is 0 Å². The number of ketones is 1. The Balaban J connectivity index is 1.74. The number of carbonyl (C=O) groups excluding carboxylic acids is 3. The van der Waals surface area contributed by atoms with Crippen molar-refractivity contribution in [2.45, 2.75) is 51.2 Å². The number of hydrogen-bond donors (Lipinski definition) is 2. The Morgan fingerprint density at radius 3 is 2.58 bits per heavy atom. The smallest absolute Gasteiger partial charge is 0.305 e. The predicted molar refractivity (Wildman–Crippen MR) is 117 cm³/mol. The standard InChI is InChI=1S/C20H22Cl2N6O5/c1-11(29)27-7-3-6-16(27)20(33)23-15(9-19(31)32)17(30)10-28-18(24-25-26-28)8-12-13(21)4-2-5-14(12)22/h2,4-5,15-16H,3,6-10H2,1H3,(H,23,33)(H,31,32). The number of likely N-dealkylation sites (tertiary alicyclic amines) is 1. The molecule has 0 aliphatic carbocycles. The Labute approximate surface area is 199 Å². The van der Waals surface area contributed by atoms with Crippen molar-refractivity contribution in [3.63, 3.8) is 0 Å². The lowest BCUT2D eigenvalue weighted by atomic mass is 10.1. The highest BCUT2D eigenvalue weighted by Crippen LogP contribution is 2.26. The van der Waals surface area contributed by atoms with Crippen molar-refractivity contribution in [3.8, 4) is 0 Å². The lowest BCUT2D eigenvalue weighted by molar-refractivity contribution is -0.142. The third-order valence-corrected chi connectivity index (χ3v) is 6.06. The van der Waals surface area contributed by atoms with E-state index < -0.39 is 36.2 Å². The number of hydrogen-bond acceptors (Lipinski definition) is 7. The minimum atomic E-state index is -1.31. The van der Waals surface area contributed by atoms with Crippen LogP contribution < -0.4 is 5.32 Å². The summed E-state index contributed by atoms with van der Waals surface area (Å²) in [6, 6.07) is 2.96. The van der Waals surface area contributed by atoms with E-state index in [1.165, 1.54) is 16.5 Å². The summed E-state index contributed by atoms with van der Waals surface area (Å²) < 4.78 is 1.21. The van der Waals surface area contributed by atoms with Crippen LogP contribution in [0.5, 0.6) is 0 Å². The summed E-state index contributed by atoms with van der Waals surface area (Å²) in [5, 5.41) is 23.8. The third-order valence-electron chi connectivity index (χ3n) is 5.35. The summed E-state index contributed by atoms with van der Waals surface area (Å²) in [4.78, 5) is 50.1. The van der Waals surface area contributed by atoms with Gasteiger partial charge in [0.15, 0.2) is 11.6 Å². The molecule has 2 atom stereocenters.